The van der Waals surface area contributed by atoms with Crippen molar-refractivity contribution < 1.29 is 9.59 Å². The van der Waals surface area contributed by atoms with E-state index in [-0.39, 0.29) is 24.3 Å². The lowest BCUT2D eigenvalue weighted by atomic mass is 9.84. The molecule has 1 saturated heterocycles. The van der Waals surface area contributed by atoms with Crippen LogP contribution in [0.3, 0.4) is 0 Å². The first-order valence-corrected chi connectivity index (χ1v) is 12.7. The number of piperazine rings is 1. The fourth-order valence-corrected chi connectivity index (χ4v) is 4.47. The number of hydrogen-bond donors (Lipinski definition) is 0. The van der Waals surface area contributed by atoms with Crippen molar-refractivity contribution in [2.24, 2.45) is 11.8 Å². The summed E-state index contributed by atoms with van der Waals surface area (Å²) in [6, 6.07) is 12.3. The van der Waals surface area contributed by atoms with Gasteiger partial charge in [0.1, 0.15) is 0 Å². The molecule has 1 aromatic carbocycles. The molecule has 0 radical (unpaired) electrons. The molecular formula is C27H37N5O2. The van der Waals surface area contributed by atoms with Crippen LogP contribution in [0.25, 0.3) is 11.3 Å². The minimum Gasteiger partial charge on any atom is -0.352 e. The largest absolute Gasteiger partial charge is 0.352 e. The third kappa shape index (κ3) is 5.75. The Bertz CT molecular complexity index is 964. The van der Waals surface area contributed by atoms with Gasteiger partial charge in [-0.15, -0.1) is 10.2 Å². The van der Waals surface area contributed by atoms with Gasteiger partial charge in [0, 0.05) is 44.2 Å². The van der Waals surface area contributed by atoms with Crippen molar-refractivity contribution in [3.05, 3.63) is 42.0 Å². The van der Waals surface area contributed by atoms with Crippen molar-refractivity contribution in [2.45, 2.75) is 46.5 Å². The highest BCUT2D eigenvalue weighted by molar-refractivity contribution is 5.86. The average Bonchev–Trinajstić information content (AvgIpc) is 2.83. The molecule has 7 heteroatoms. The molecule has 0 bridgehead atoms. The van der Waals surface area contributed by atoms with Crippen molar-refractivity contribution in [1.82, 2.24) is 20.0 Å². The molecule has 1 saturated carbocycles. The molecule has 1 aliphatic heterocycles. The topological polar surface area (TPSA) is 69.6 Å². The van der Waals surface area contributed by atoms with Crippen molar-refractivity contribution in [3.63, 3.8) is 0 Å². The maximum absolute atomic E-state index is 13.1. The SMILES string of the molecule is CC[C@@H](C)CN(CC(=O)N1CCN(c2ccc(-c3ccc(C)cc3)nn2)CC1)C(=O)C1CCC1. The quantitative estimate of drug-likeness (QED) is 0.596. The summed E-state index contributed by atoms with van der Waals surface area (Å²) in [4.78, 5) is 31.9. The monoisotopic (exact) mass is 463 g/mol. The Kier molecular flexibility index (Phi) is 7.80. The zero-order chi connectivity index (χ0) is 24.1. The summed E-state index contributed by atoms with van der Waals surface area (Å²) in [6.07, 6.45) is 4.06. The molecule has 1 aromatic heterocycles. The Morgan fingerprint density at radius 2 is 1.74 bits per heavy atom. The van der Waals surface area contributed by atoms with Crippen LogP contribution in [-0.2, 0) is 9.59 Å². The van der Waals surface area contributed by atoms with Gasteiger partial charge in [0.2, 0.25) is 11.8 Å². The lowest BCUT2D eigenvalue weighted by Crippen LogP contribution is -2.53. The van der Waals surface area contributed by atoms with Gasteiger partial charge in [-0.05, 0) is 37.8 Å². The van der Waals surface area contributed by atoms with Gasteiger partial charge in [0.15, 0.2) is 5.82 Å². The Balaban J connectivity index is 1.31. The first-order chi connectivity index (χ1) is 16.4. The van der Waals surface area contributed by atoms with Crippen LogP contribution in [0, 0.1) is 18.8 Å². The highest BCUT2D eigenvalue weighted by Crippen LogP contribution is 2.29. The van der Waals surface area contributed by atoms with E-state index in [1.807, 2.05) is 21.9 Å². The minimum absolute atomic E-state index is 0.0522. The van der Waals surface area contributed by atoms with Gasteiger partial charge in [-0.2, -0.15) is 0 Å². The summed E-state index contributed by atoms with van der Waals surface area (Å²) < 4.78 is 0. The Morgan fingerprint density at radius 1 is 1.03 bits per heavy atom. The average molecular weight is 464 g/mol. The van der Waals surface area contributed by atoms with E-state index in [9.17, 15) is 9.59 Å². The van der Waals surface area contributed by atoms with Gasteiger partial charge < -0.3 is 14.7 Å². The second-order valence-corrected chi connectivity index (χ2v) is 9.87. The van der Waals surface area contributed by atoms with E-state index in [1.165, 1.54) is 5.56 Å². The molecule has 4 rings (SSSR count). The highest BCUT2D eigenvalue weighted by atomic mass is 16.2. The predicted octanol–water partition coefficient (Wildman–Crippen LogP) is 3.78. The fourth-order valence-electron chi connectivity index (χ4n) is 4.47. The van der Waals surface area contributed by atoms with Gasteiger partial charge in [-0.25, -0.2) is 0 Å². The number of carbonyl (C=O) groups is 2. The molecule has 0 N–H and O–H groups in total. The Labute approximate surface area is 203 Å². The molecule has 182 valence electrons. The van der Waals surface area contributed by atoms with E-state index in [2.05, 4.69) is 60.1 Å². The molecule has 2 aliphatic rings. The lowest BCUT2D eigenvalue weighted by Gasteiger charge is -2.37. The summed E-state index contributed by atoms with van der Waals surface area (Å²) in [5.74, 6) is 1.57. The first kappa shape index (κ1) is 24.2. The van der Waals surface area contributed by atoms with Crippen LogP contribution in [0.1, 0.15) is 45.1 Å². The third-order valence-corrected chi connectivity index (χ3v) is 7.28. The minimum atomic E-state index is 0.0522. The number of aromatic nitrogens is 2. The molecule has 34 heavy (non-hydrogen) atoms. The molecule has 0 spiro atoms. The van der Waals surface area contributed by atoms with Crippen molar-refractivity contribution in [2.75, 3.05) is 44.2 Å². The van der Waals surface area contributed by atoms with Crippen LogP contribution in [0.4, 0.5) is 5.82 Å². The molecule has 2 aromatic rings. The van der Waals surface area contributed by atoms with Gasteiger partial charge >= 0.3 is 0 Å². The summed E-state index contributed by atoms with van der Waals surface area (Å²) in [6.45, 7) is 9.91. The van der Waals surface area contributed by atoms with Crippen LogP contribution >= 0.6 is 0 Å². The molecule has 7 nitrogen and oxygen atoms in total. The van der Waals surface area contributed by atoms with Gasteiger partial charge in [-0.1, -0.05) is 56.5 Å². The second-order valence-electron chi connectivity index (χ2n) is 9.87. The van der Waals surface area contributed by atoms with E-state index in [0.29, 0.717) is 38.6 Å². The van der Waals surface area contributed by atoms with E-state index in [1.54, 1.807) is 0 Å². The Hall–Kier alpha value is -2.96. The number of nitrogens with zero attached hydrogens (tertiary/aromatic N) is 5. The number of anilines is 1. The van der Waals surface area contributed by atoms with Crippen LogP contribution in [-0.4, -0.2) is 71.1 Å². The smallest absolute Gasteiger partial charge is 0.242 e. The standard InChI is InChI=1S/C27H37N5O2/c1-4-20(2)18-32(27(34)23-6-5-7-23)19-26(33)31-16-14-30(15-17-31)25-13-12-24(28-29-25)22-10-8-21(3)9-11-22/h8-13,20,23H,4-7,14-19H2,1-3H3/t20-/m1/s1. The van der Waals surface area contributed by atoms with E-state index < -0.39 is 0 Å². The molecule has 1 aliphatic carbocycles. The van der Waals surface area contributed by atoms with Gasteiger partial charge in [0.05, 0.1) is 12.2 Å². The van der Waals surface area contributed by atoms with Crippen molar-refractivity contribution in [1.29, 1.82) is 0 Å². The summed E-state index contributed by atoms with van der Waals surface area (Å²) in [5.41, 5.74) is 3.13. The predicted molar refractivity (Wildman–Crippen MR) is 134 cm³/mol. The van der Waals surface area contributed by atoms with Crippen LogP contribution in [0.5, 0.6) is 0 Å². The normalized spacial score (nSPS) is 17.3. The summed E-state index contributed by atoms with van der Waals surface area (Å²) in [7, 11) is 0. The third-order valence-electron chi connectivity index (χ3n) is 7.28. The van der Waals surface area contributed by atoms with Gasteiger partial charge in [0.25, 0.3) is 0 Å². The number of benzene rings is 1. The van der Waals surface area contributed by atoms with Crippen LogP contribution < -0.4 is 4.90 Å². The molecular weight excluding hydrogens is 426 g/mol. The maximum Gasteiger partial charge on any atom is 0.242 e. The Morgan fingerprint density at radius 3 is 2.29 bits per heavy atom. The second kappa shape index (κ2) is 11.0. The summed E-state index contributed by atoms with van der Waals surface area (Å²) >= 11 is 0. The summed E-state index contributed by atoms with van der Waals surface area (Å²) in [5, 5.41) is 8.86. The van der Waals surface area contributed by atoms with E-state index in [4.69, 9.17) is 0 Å². The van der Waals surface area contributed by atoms with Crippen LogP contribution in [0.2, 0.25) is 0 Å². The van der Waals surface area contributed by atoms with E-state index >= 15 is 0 Å². The van der Waals surface area contributed by atoms with Crippen LogP contribution in [0.15, 0.2) is 36.4 Å². The number of aryl methyl sites for hydroxylation is 1. The van der Waals surface area contributed by atoms with Crippen molar-refractivity contribution in [3.8, 4) is 11.3 Å². The number of carbonyl (C=O) groups excluding carboxylic acids is 2. The zero-order valence-electron chi connectivity index (χ0n) is 20.7. The van der Waals surface area contributed by atoms with E-state index in [0.717, 1.165) is 42.8 Å². The van der Waals surface area contributed by atoms with Crippen molar-refractivity contribution >= 4 is 17.6 Å². The maximum atomic E-state index is 13.1. The van der Waals surface area contributed by atoms with Gasteiger partial charge in [-0.3, -0.25) is 9.59 Å². The number of hydrogen-bond acceptors (Lipinski definition) is 5. The zero-order valence-corrected chi connectivity index (χ0v) is 20.7. The first-order valence-electron chi connectivity index (χ1n) is 12.7. The molecule has 0 unspecified atom stereocenters. The molecule has 2 fully saturated rings. The number of amides is 2. The lowest BCUT2D eigenvalue weighted by molar-refractivity contribution is -0.145. The number of rotatable bonds is 8. The fraction of sp³-hybridized carbons (Fsp3) is 0.556. The molecule has 1 atom stereocenters. The highest BCUT2D eigenvalue weighted by Gasteiger charge is 2.32. The molecule has 2 amide bonds. The molecule has 2 heterocycles.